The highest BCUT2D eigenvalue weighted by Crippen LogP contribution is 2.33. The molecule has 0 aliphatic rings. The summed E-state index contributed by atoms with van der Waals surface area (Å²) < 4.78 is 37.5. The zero-order valence-electron chi connectivity index (χ0n) is 7.44. The van der Waals surface area contributed by atoms with E-state index in [0.29, 0.717) is 0 Å². The Morgan fingerprint density at radius 2 is 2.00 bits per heavy atom. The van der Waals surface area contributed by atoms with E-state index in [1.54, 1.807) is 0 Å². The molecule has 0 radical (unpaired) electrons. The molecule has 82 valence electrons. The molecule has 0 unspecified atom stereocenters. The summed E-state index contributed by atoms with van der Waals surface area (Å²) in [6.07, 6.45) is -4.57. The second-order valence-electron chi connectivity index (χ2n) is 2.86. The van der Waals surface area contributed by atoms with Crippen molar-refractivity contribution in [3.63, 3.8) is 0 Å². The molecular weight excluding hydrogens is 275 g/mol. The van der Waals surface area contributed by atoms with Crippen LogP contribution in [0.15, 0.2) is 18.2 Å². The van der Waals surface area contributed by atoms with Gasteiger partial charge in [-0.05, 0) is 18.2 Å². The highest BCUT2D eigenvalue weighted by molar-refractivity contribution is 9.09. The molecule has 0 aliphatic carbocycles. The first-order chi connectivity index (χ1) is 6.86. The molecule has 1 aromatic carbocycles. The van der Waals surface area contributed by atoms with Gasteiger partial charge in [0.05, 0.1) is 10.9 Å². The van der Waals surface area contributed by atoms with E-state index in [2.05, 4.69) is 15.9 Å². The third-order valence-corrected chi connectivity index (χ3v) is 2.28. The molecule has 0 aliphatic heterocycles. The molecule has 0 aromatic heterocycles. The van der Waals surface area contributed by atoms with E-state index in [0.717, 1.165) is 12.1 Å². The van der Waals surface area contributed by atoms with Gasteiger partial charge in [-0.1, -0.05) is 15.9 Å². The summed E-state index contributed by atoms with van der Waals surface area (Å²) in [5.41, 5.74) is 3.86. The Balaban J connectivity index is 3.33. The molecule has 0 spiro atoms. The van der Waals surface area contributed by atoms with Gasteiger partial charge in [-0.3, -0.25) is 4.79 Å². The van der Waals surface area contributed by atoms with Crippen molar-refractivity contribution in [1.82, 2.24) is 0 Å². The van der Waals surface area contributed by atoms with E-state index in [-0.39, 0.29) is 16.6 Å². The Hall–Kier alpha value is -1.04. The fourth-order valence-electron chi connectivity index (χ4n) is 1.11. The van der Waals surface area contributed by atoms with Crippen molar-refractivity contribution < 1.29 is 18.0 Å². The number of hydrogen-bond acceptors (Lipinski definition) is 2. The molecule has 6 heteroatoms. The normalized spacial score (nSPS) is 11.5. The fourth-order valence-corrected chi connectivity index (χ4v) is 1.41. The zero-order chi connectivity index (χ0) is 11.6. The summed E-state index contributed by atoms with van der Waals surface area (Å²) in [6, 6.07) is 3.11. The number of rotatable bonds is 2. The van der Waals surface area contributed by atoms with Crippen LogP contribution in [-0.4, -0.2) is 11.1 Å². The van der Waals surface area contributed by atoms with Crippen LogP contribution >= 0.6 is 15.9 Å². The van der Waals surface area contributed by atoms with Gasteiger partial charge < -0.3 is 5.73 Å². The number of carbonyl (C=O) groups is 1. The monoisotopic (exact) mass is 281 g/mol. The van der Waals surface area contributed by atoms with Crippen molar-refractivity contribution in [1.29, 1.82) is 0 Å². The smallest absolute Gasteiger partial charge is 0.399 e. The molecule has 1 aromatic rings. The van der Waals surface area contributed by atoms with Crippen LogP contribution in [-0.2, 0) is 6.18 Å². The number of hydrogen-bond donors (Lipinski definition) is 1. The van der Waals surface area contributed by atoms with Crippen molar-refractivity contribution >= 4 is 27.4 Å². The number of carbonyl (C=O) groups excluding carboxylic acids is 1. The highest BCUT2D eigenvalue weighted by atomic mass is 79.9. The number of anilines is 1. The lowest BCUT2D eigenvalue weighted by molar-refractivity contribution is -0.137. The quantitative estimate of drug-likeness (QED) is 0.515. The van der Waals surface area contributed by atoms with Gasteiger partial charge in [-0.2, -0.15) is 13.2 Å². The van der Waals surface area contributed by atoms with Crippen molar-refractivity contribution in [2.45, 2.75) is 6.18 Å². The van der Waals surface area contributed by atoms with Gasteiger partial charge in [0.1, 0.15) is 0 Å². The fraction of sp³-hybridized carbons (Fsp3) is 0.222. The predicted molar refractivity (Wildman–Crippen MR) is 54.0 cm³/mol. The number of nitrogens with two attached hydrogens (primary N) is 1. The first kappa shape index (κ1) is 12.0. The van der Waals surface area contributed by atoms with Gasteiger partial charge in [0.25, 0.3) is 0 Å². The molecule has 2 N–H and O–H groups in total. The highest BCUT2D eigenvalue weighted by Gasteiger charge is 2.34. The van der Waals surface area contributed by atoms with Crippen molar-refractivity contribution in [3.8, 4) is 0 Å². The molecule has 0 saturated carbocycles. The molecule has 0 bridgehead atoms. The number of halogens is 4. The molecule has 0 fully saturated rings. The minimum absolute atomic E-state index is 0.0200. The van der Waals surface area contributed by atoms with Gasteiger partial charge in [0.15, 0.2) is 5.78 Å². The van der Waals surface area contributed by atoms with E-state index in [1.165, 1.54) is 6.07 Å². The minimum Gasteiger partial charge on any atom is -0.399 e. The summed E-state index contributed by atoms with van der Waals surface area (Å²) in [5.74, 6) is -0.623. The first-order valence-corrected chi connectivity index (χ1v) is 5.04. The van der Waals surface area contributed by atoms with Crippen LogP contribution in [0.4, 0.5) is 18.9 Å². The summed E-state index contributed by atoms with van der Waals surface area (Å²) in [6.45, 7) is 0. The Kier molecular flexibility index (Phi) is 3.38. The molecule has 0 amide bonds. The molecule has 0 heterocycles. The maximum atomic E-state index is 12.5. The van der Waals surface area contributed by atoms with Gasteiger partial charge in [0, 0.05) is 11.3 Å². The van der Waals surface area contributed by atoms with Crippen LogP contribution < -0.4 is 5.73 Å². The van der Waals surface area contributed by atoms with Crippen LogP contribution in [0.25, 0.3) is 0 Å². The van der Waals surface area contributed by atoms with Gasteiger partial charge >= 0.3 is 6.18 Å². The number of Topliss-reactive ketones (excluding diaryl/α,β-unsaturated/α-hetero) is 1. The average molecular weight is 282 g/mol. The molecule has 0 atom stereocenters. The summed E-state index contributed by atoms with van der Waals surface area (Å²) in [7, 11) is 0. The third kappa shape index (κ3) is 2.71. The van der Waals surface area contributed by atoms with Gasteiger partial charge in [-0.25, -0.2) is 0 Å². The first-order valence-electron chi connectivity index (χ1n) is 3.92. The Labute approximate surface area is 92.4 Å². The standard InChI is InChI=1S/C9H7BrF3NO/c10-4-8(15)6-2-1-5(14)3-7(6)9(11,12)13/h1-3H,4,14H2. The Bertz CT molecular complexity index is 389. The molecular formula is C9H7BrF3NO. The van der Waals surface area contributed by atoms with Crippen LogP contribution in [0.3, 0.4) is 0 Å². The SMILES string of the molecule is Nc1ccc(C(=O)CBr)c(C(F)(F)F)c1. The lowest BCUT2D eigenvalue weighted by Crippen LogP contribution is -2.14. The molecule has 1 rings (SSSR count). The Morgan fingerprint density at radius 1 is 1.40 bits per heavy atom. The average Bonchev–Trinajstić information content (AvgIpc) is 2.15. The van der Waals surface area contributed by atoms with Crippen LogP contribution in [0.2, 0.25) is 0 Å². The topological polar surface area (TPSA) is 43.1 Å². The zero-order valence-corrected chi connectivity index (χ0v) is 9.02. The van der Waals surface area contributed by atoms with Gasteiger partial charge in [0.2, 0.25) is 0 Å². The maximum Gasteiger partial charge on any atom is 0.417 e. The maximum absolute atomic E-state index is 12.5. The van der Waals surface area contributed by atoms with E-state index < -0.39 is 17.5 Å². The lowest BCUT2D eigenvalue weighted by Gasteiger charge is -2.11. The lowest BCUT2D eigenvalue weighted by atomic mass is 10.0. The molecule has 15 heavy (non-hydrogen) atoms. The third-order valence-electron chi connectivity index (χ3n) is 1.77. The van der Waals surface area contributed by atoms with E-state index in [4.69, 9.17) is 5.73 Å². The second-order valence-corrected chi connectivity index (χ2v) is 3.42. The second kappa shape index (κ2) is 4.22. The van der Waals surface area contributed by atoms with Crippen molar-refractivity contribution in [2.24, 2.45) is 0 Å². The summed E-state index contributed by atoms with van der Waals surface area (Å²) in [5, 5.41) is -0.153. The van der Waals surface area contributed by atoms with E-state index >= 15 is 0 Å². The largest absolute Gasteiger partial charge is 0.417 e. The van der Waals surface area contributed by atoms with Crippen molar-refractivity contribution in [2.75, 3.05) is 11.1 Å². The summed E-state index contributed by atoms with van der Waals surface area (Å²) in [4.78, 5) is 11.2. The molecule has 2 nitrogen and oxygen atoms in total. The number of benzene rings is 1. The van der Waals surface area contributed by atoms with Crippen LogP contribution in [0, 0.1) is 0 Å². The van der Waals surface area contributed by atoms with Crippen molar-refractivity contribution in [3.05, 3.63) is 29.3 Å². The minimum atomic E-state index is -4.57. The number of nitrogen functional groups attached to an aromatic ring is 1. The number of ketones is 1. The predicted octanol–water partition coefficient (Wildman–Crippen LogP) is 2.87. The van der Waals surface area contributed by atoms with E-state index in [1.807, 2.05) is 0 Å². The van der Waals surface area contributed by atoms with Gasteiger partial charge in [-0.15, -0.1) is 0 Å². The molecule has 0 saturated heterocycles. The van der Waals surface area contributed by atoms with Crippen LogP contribution in [0.5, 0.6) is 0 Å². The number of alkyl halides is 4. The summed E-state index contributed by atoms with van der Waals surface area (Å²) >= 11 is 2.82. The Morgan fingerprint density at radius 3 is 2.47 bits per heavy atom. The van der Waals surface area contributed by atoms with Crippen LogP contribution in [0.1, 0.15) is 15.9 Å². The van der Waals surface area contributed by atoms with E-state index in [9.17, 15) is 18.0 Å².